The molecule has 0 unspecified atom stereocenters. The Labute approximate surface area is 137 Å². The minimum atomic E-state index is -1.87. The van der Waals surface area contributed by atoms with Crippen molar-refractivity contribution < 1.29 is 13.9 Å². The van der Waals surface area contributed by atoms with Gasteiger partial charge in [-0.15, -0.1) is 0 Å². The number of ether oxygens (including phenoxy) is 2. The maximum Gasteiger partial charge on any atom is 0.351 e. The van der Waals surface area contributed by atoms with Crippen LogP contribution in [0, 0.1) is 0 Å². The van der Waals surface area contributed by atoms with Gasteiger partial charge >= 0.3 is 5.69 Å². The highest BCUT2D eigenvalue weighted by molar-refractivity contribution is 6.74. The normalized spacial score (nSPS) is 25.7. The molecule has 0 radical (unpaired) electrons. The first-order chi connectivity index (χ1) is 10.4. The quantitative estimate of drug-likeness (QED) is 0.841. The van der Waals surface area contributed by atoms with Crippen molar-refractivity contribution in [2.75, 3.05) is 18.9 Å². The van der Waals surface area contributed by atoms with E-state index in [4.69, 9.17) is 19.6 Å². The number of anilines is 1. The summed E-state index contributed by atoms with van der Waals surface area (Å²) in [6.45, 7) is 13.3. The summed E-state index contributed by atoms with van der Waals surface area (Å²) in [7, 11) is -1.87. The van der Waals surface area contributed by atoms with E-state index in [2.05, 4.69) is 38.8 Å². The monoisotopic (exact) mass is 341 g/mol. The molecule has 2 rings (SSSR count). The summed E-state index contributed by atoms with van der Waals surface area (Å²) in [6.07, 6.45) is 1.07. The van der Waals surface area contributed by atoms with Crippen LogP contribution < -0.4 is 11.4 Å². The van der Waals surface area contributed by atoms with E-state index in [0.29, 0.717) is 6.61 Å². The smallest absolute Gasteiger partial charge is 0.351 e. The van der Waals surface area contributed by atoms with Crippen LogP contribution in [0.3, 0.4) is 0 Å². The number of nitrogen functional groups attached to an aromatic ring is 1. The Morgan fingerprint density at radius 3 is 2.74 bits per heavy atom. The van der Waals surface area contributed by atoms with Crippen molar-refractivity contribution in [2.45, 2.75) is 57.8 Å². The van der Waals surface area contributed by atoms with Crippen molar-refractivity contribution >= 4 is 14.1 Å². The minimum absolute atomic E-state index is 0.118. The Balaban J connectivity index is 2.05. The maximum absolute atomic E-state index is 12.0. The van der Waals surface area contributed by atoms with Gasteiger partial charge in [0.25, 0.3) is 0 Å². The predicted octanol–water partition coefficient (Wildman–Crippen LogP) is 1.89. The van der Waals surface area contributed by atoms with Gasteiger partial charge in [0, 0.05) is 6.20 Å². The molecule has 1 aliphatic rings. The second-order valence-corrected chi connectivity index (χ2v) is 12.4. The maximum atomic E-state index is 12.0. The molecule has 7 nitrogen and oxygen atoms in total. The summed E-state index contributed by atoms with van der Waals surface area (Å²) in [5.41, 5.74) is 4.16. The Kier molecular flexibility index (Phi) is 4.73. The van der Waals surface area contributed by atoms with Gasteiger partial charge in [0.2, 0.25) is 0 Å². The van der Waals surface area contributed by atoms with Gasteiger partial charge in [-0.3, -0.25) is 4.57 Å². The number of hydrogen-bond acceptors (Lipinski definition) is 6. The molecule has 2 N–H and O–H groups in total. The van der Waals surface area contributed by atoms with E-state index in [9.17, 15) is 4.79 Å². The number of hydrogen-bond donors (Lipinski definition) is 1. The molecule has 0 aliphatic carbocycles. The molecule has 0 saturated carbocycles. The van der Waals surface area contributed by atoms with Crippen molar-refractivity contribution in [1.82, 2.24) is 9.55 Å². The van der Waals surface area contributed by atoms with Gasteiger partial charge < -0.3 is 19.6 Å². The van der Waals surface area contributed by atoms with Gasteiger partial charge in [0.1, 0.15) is 5.82 Å². The molecule has 1 aromatic heterocycles. The van der Waals surface area contributed by atoms with Crippen molar-refractivity contribution in [2.24, 2.45) is 0 Å². The Morgan fingerprint density at radius 2 is 2.17 bits per heavy atom. The fraction of sp³-hybridized carbons (Fsp3) is 0.733. The Bertz CT molecular complexity index is 626. The molecule has 2 heterocycles. The molecule has 2 atom stereocenters. The van der Waals surface area contributed by atoms with E-state index >= 15 is 0 Å². The van der Waals surface area contributed by atoms with E-state index in [1.54, 1.807) is 19.2 Å². The molecular weight excluding hydrogens is 314 g/mol. The first-order valence-electron chi connectivity index (χ1n) is 7.74. The minimum Gasteiger partial charge on any atom is -0.412 e. The van der Waals surface area contributed by atoms with E-state index in [1.807, 2.05) is 0 Å². The Morgan fingerprint density at radius 1 is 1.52 bits per heavy atom. The third kappa shape index (κ3) is 3.82. The molecule has 0 aromatic carbocycles. The van der Waals surface area contributed by atoms with Crippen LogP contribution in [-0.4, -0.2) is 37.4 Å². The van der Waals surface area contributed by atoms with E-state index < -0.39 is 26.0 Å². The van der Waals surface area contributed by atoms with Crippen LogP contribution in [0.15, 0.2) is 17.1 Å². The van der Waals surface area contributed by atoms with Crippen LogP contribution in [-0.2, 0) is 19.6 Å². The largest absolute Gasteiger partial charge is 0.412 e. The first-order valence-corrected chi connectivity index (χ1v) is 10.6. The zero-order valence-corrected chi connectivity index (χ0v) is 15.8. The highest BCUT2D eigenvalue weighted by atomic mass is 28.4. The Hall–Kier alpha value is -1.22. The summed E-state index contributed by atoms with van der Waals surface area (Å²) in [5.74, 6) is 0.187. The van der Waals surface area contributed by atoms with Crippen molar-refractivity contribution in [3.05, 3.63) is 22.7 Å². The highest BCUT2D eigenvalue weighted by Gasteiger charge is 2.42. The summed E-state index contributed by atoms with van der Waals surface area (Å²) in [4.78, 5) is 15.7. The molecule has 130 valence electrons. The predicted molar refractivity (Wildman–Crippen MR) is 90.5 cm³/mol. The zero-order valence-electron chi connectivity index (χ0n) is 14.8. The number of nitrogens with zero attached hydrogens (tertiary/aromatic N) is 2. The standard InChI is InChI=1S/C15H27N3O4Si/c1-14(2,3)23(5,6)21-9-12-20-10-15(4,22-12)18-8-7-11(16)17-13(18)19/h7-8,12H,9-10H2,1-6H3,(H2,16,17,19)/t12-,15-/m0/s1. The van der Waals surface area contributed by atoms with Gasteiger partial charge in [-0.25, -0.2) is 4.79 Å². The third-order valence-corrected chi connectivity index (χ3v) is 9.14. The second kappa shape index (κ2) is 6.01. The van der Waals surface area contributed by atoms with Gasteiger partial charge in [-0.2, -0.15) is 4.98 Å². The lowest BCUT2D eigenvalue weighted by atomic mass is 10.2. The van der Waals surface area contributed by atoms with Crippen LogP contribution in [0.4, 0.5) is 5.82 Å². The lowest BCUT2D eigenvalue weighted by Gasteiger charge is -2.36. The second-order valence-electron chi connectivity index (χ2n) is 7.61. The van der Waals surface area contributed by atoms with E-state index in [0.717, 1.165) is 0 Å². The molecule has 1 saturated heterocycles. The molecule has 23 heavy (non-hydrogen) atoms. The number of nitrogens with two attached hydrogens (primary N) is 1. The summed E-state index contributed by atoms with van der Waals surface area (Å²) in [5, 5.41) is 0.118. The third-order valence-electron chi connectivity index (χ3n) is 4.64. The van der Waals surface area contributed by atoms with Crippen LogP contribution >= 0.6 is 0 Å². The van der Waals surface area contributed by atoms with Crippen LogP contribution in [0.2, 0.25) is 18.1 Å². The average molecular weight is 341 g/mol. The number of aromatic nitrogens is 2. The average Bonchev–Trinajstić information content (AvgIpc) is 2.78. The van der Waals surface area contributed by atoms with Gasteiger partial charge in [0.15, 0.2) is 20.3 Å². The van der Waals surface area contributed by atoms with Crippen LogP contribution in [0.25, 0.3) is 0 Å². The van der Waals surface area contributed by atoms with Gasteiger partial charge in [0.05, 0.1) is 13.2 Å². The van der Waals surface area contributed by atoms with Gasteiger partial charge in [-0.05, 0) is 31.1 Å². The first kappa shape index (κ1) is 18.1. The molecule has 1 fully saturated rings. The van der Waals surface area contributed by atoms with Crippen molar-refractivity contribution in [3.63, 3.8) is 0 Å². The SMILES string of the molecule is CC(C)(C)[Si](C)(C)OC[C@H]1OC[C@@](C)(n2ccc(N)nc2=O)O1. The molecule has 0 amide bonds. The zero-order chi connectivity index (χ0) is 17.5. The molecule has 0 bridgehead atoms. The topological polar surface area (TPSA) is 88.6 Å². The number of rotatable bonds is 4. The van der Waals surface area contributed by atoms with Crippen LogP contribution in [0.1, 0.15) is 27.7 Å². The van der Waals surface area contributed by atoms with Gasteiger partial charge in [-0.1, -0.05) is 20.8 Å². The molecule has 8 heteroatoms. The fourth-order valence-electron chi connectivity index (χ4n) is 2.08. The highest BCUT2D eigenvalue weighted by Crippen LogP contribution is 2.37. The van der Waals surface area contributed by atoms with Crippen LogP contribution in [0.5, 0.6) is 0 Å². The van der Waals surface area contributed by atoms with Crippen molar-refractivity contribution in [1.29, 1.82) is 0 Å². The van der Waals surface area contributed by atoms with E-state index in [1.165, 1.54) is 4.57 Å². The summed E-state index contributed by atoms with van der Waals surface area (Å²) >= 11 is 0. The molecule has 1 aliphatic heterocycles. The molecule has 1 aromatic rings. The van der Waals surface area contributed by atoms with Crippen molar-refractivity contribution in [3.8, 4) is 0 Å². The lowest BCUT2D eigenvalue weighted by molar-refractivity contribution is -0.131. The molecular formula is C15H27N3O4Si. The van der Waals surface area contributed by atoms with E-state index in [-0.39, 0.29) is 17.5 Å². The summed E-state index contributed by atoms with van der Waals surface area (Å²) in [6, 6.07) is 1.56. The molecule has 0 spiro atoms. The summed E-state index contributed by atoms with van der Waals surface area (Å²) < 4.78 is 19.1. The lowest BCUT2D eigenvalue weighted by Crippen LogP contribution is -2.44. The fourth-order valence-corrected chi connectivity index (χ4v) is 3.06.